The molecule has 1 rings (SSSR count). The number of nitrogens with zero attached hydrogens (tertiary/aromatic N) is 2. The second-order valence-electron chi connectivity index (χ2n) is 4.03. The molecule has 5 nitrogen and oxygen atoms in total. The van der Waals surface area contributed by atoms with E-state index in [2.05, 4.69) is 23.9 Å². The van der Waals surface area contributed by atoms with Crippen LogP contribution < -0.4 is 5.84 Å². The van der Waals surface area contributed by atoms with Crippen LogP contribution in [-0.4, -0.2) is 38.5 Å². The first kappa shape index (κ1) is 11.1. The molecule has 14 heavy (non-hydrogen) atoms. The number of rotatable bonds is 3. The Bertz CT molecular complexity index is 216. The van der Waals surface area contributed by atoms with Crippen molar-refractivity contribution >= 4 is 12.4 Å². The molecule has 0 bridgehead atoms. The number of ether oxygens (including phenoxy) is 2. The summed E-state index contributed by atoms with van der Waals surface area (Å²) in [6, 6.07) is 0. The van der Waals surface area contributed by atoms with Gasteiger partial charge in [-0.2, -0.15) is 5.10 Å². The van der Waals surface area contributed by atoms with Crippen LogP contribution in [0.25, 0.3) is 0 Å². The number of hydrogen-bond donors (Lipinski definition) is 1. The van der Waals surface area contributed by atoms with Crippen LogP contribution in [0.2, 0.25) is 0 Å². The summed E-state index contributed by atoms with van der Waals surface area (Å²) in [5.74, 6) is 4.90. The van der Waals surface area contributed by atoms with Gasteiger partial charge in [-0.25, -0.2) is 0 Å². The summed E-state index contributed by atoms with van der Waals surface area (Å²) in [6.07, 6.45) is 2.73. The van der Waals surface area contributed by atoms with Gasteiger partial charge in [0.1, 0.15) is 0 Å². The molecule has 0 atom stereocenters. The first-order valence-corrected chi connectivity index (χ1v) is 4.59. The third kappa shape index (κ3) is 3.85. The lowest BCUT2D eigenvalue weighted by atomic mass is 9.96. The maximum atomic E-state index is 5.46. The lowest BCUT2D eigenvalue weighted by Crippen LogP contribution is -2.39. The van der Waals surface area contributed by atoms with Crippen molar-refractivity contribution in [2.45, 2.75) is 20.1 Å². The van der Waals surface area contributed by atoms with E-state index in [-0.39, 0.29) is 11.7 Å². The summed E-state index contributed by atoms with van der Waals surface area (Å²) in [6.45, 7) is 6.11. The average Bonchev–Trinajstić information content (AvgIpc) is 2.15. The number of hydrazone groups is 1. The van der Waals surface area contributed by atoms with Crippen molar-refractivity contribution in [2.24, 2.45) is 21.4 Å². The minimum Gasteiger partial charge on any atom is -0.350 e. The van der Waals surface area contributed by atoms with Gasteiger partial charge in [0.15, 0.2) is 6.29 Å². The standard InChI is InChI=1S/C9H17N3O2/c1-9(2)6-13-8(14-7-9)5-11-3-4-12-10/h3-4,8H,5-7,10H2,1-2H3/b11-3?,12-4-. The van der Waals surface area contributed by atoms with Crippen molar-refractivity contribution in [2.75, 3.05) is 19.8 Å². The van der Waals surface area contributed by atoms with Gasteiger partial charge in [-0.15, -0.1) is 0 Å². The molecule has 2 N–H and O–H groups in total. The van der Waals surface area contributed by atoms with E-state index >= 15 is 0 Å². The average molecular weight is 199 g/mol. The summed E-state index contributed by atoms with van der Waals surface area (Å²) >= 11 is 0. The quantitative estimate of drug-likeness (QED) is 0.406. The summed E-state index contributed by atoms with van der Waals surface area (Å²) in [7, 11) is 0. The third-order valence-electron chi connectivity index (χ3n) is 1.83. The molecule has 5 heteroatoms. The van der Waals surface area contributed by atoms with Crippen molar-refractivity contribution in [3.63, 3.8) is 0 Å². The van der Waals surface area contributed by atoms with Crippen LogP contribution in [0.3, 0.4) is 0 Å². The van der Waals surface area contributed by atoms with Gasteiger partial charge in [-0.3, -0.25) is 4.99 Å². The van der Waals surface area contributed by atoms with Gasteiger partial charge in [-0.05, 0) is 0 Å². The van der Waals surface area contributed by atoms with Crippen LogP contribution in [0, 0.1) is 5.41 Å². The smallest absolute Gasteiger partial charge is 0.176 e. The molecule has 0 aromatic carbocycles. The zero-order valence-electron chi connectivity index (χ0n) is 8.64. The Balaban J connectivity index is 2.22. The Kier molecular flexibility index (Phi) is 4.03. The molecule has 80 valence electrons. The molecule has 0 aromatic rings. The lowest BCUT2D eigenvalue weighted by molar-refractivity contribution is -0.215. The Morgan fingerprint density at radius 1 is 1.36 bits per heavy atom. The molecule has 1 fully saturated rings. The maximum Gasteiger partial charge on any atom is 0.176 e. The molecule has 0 saturated carbocycles. The first-order valence-electron chi connectivity index (χ1n) is 4.59. The lowest BCUT2D eigenvalue weighted by Gasteiger charge is -2.33. The van der Waals surface area contributed by atoms with Gasteiger partial charge < -0.3 is 15.3 Å². The zero-order chi connectivity index (χ0) is 10.4. The van der Waals surface area contributed by atoms with Crippen molar-refractivity contribution in [3.05, 3.63) is 0 Å². The molecule has 0 aliphatic carbocycles. The van der Waals surface area contributed by atoms with Gasteiger partial charge in [0.2, 0.25) is 0 Å². The Morgan fingerprint density at radius 3 is 2.57 bits per heavy atom. The Hall–Kier alpha value is -0.940. The molecule has 0 unspecified atom stereocenters. The molecule has 0 radical (unpaired) electrons. The van der Waals surface area contributed by atoms with Gasteiger partial charge in [0.25, 0.3) is 0 Å². The van der Waals surface area contributed by atoms with E-state index in [1.807, 2.05) is 0 Å². The van der Waals surface area contributed by atoms with Crippen LogP contribution in [0.4, 0.5) is 0 Å². The fourth-order valence-corrected chi connectivity index (χ4v) is 1.06. The number of hydrogen-bond acceptors (Lipinski definition) is 5. The van der Waals surface area contributed by atoms with E-state index in [1.165, 1.54) is 12.4 Å². The second-order valence-corrected chi connectivity index (χ2v) is 4.03. The minimum absolute atomic E-state index is 0.110. The predicted molar refractivity (Wildman–Crippen MR) is 55.5 cm³/mol. The molecule has 1 heterocycles. The first-order chi connectivity index (χ1) is 6.64. The molecule has 1 aliphatic rings. The van der Waals surface area contributed by atoms with Crippen LogP contribution in [0.1, 0.15) is 13.8 Å². The molecule has 0 spiro atoms. The Labute approximate surface area is 84.0 Å². The van der Waals surface area contributed by atoms with E-state index in [1.54, 1.807) is 0 Å². The SMILES string of the molecule is CC1(C)COC(CN=C/C=N\N)OC1. The predicted octanol–water partition coefficient (Wildman–Crippen LogP) is 0.401. The highest BCUT2D eigenvalue weighted by molar-refractivity contribution is 6.15. The van der Waals surface area contributed by atoms with Crippen molar-refractivity contribution in [1.82, 2.24) is 0 Å². The molecule has 1 saturated heterocycles. The number of nitrogens with two attached hydrogens (primary N) is 1. The Morgan fingerprint density at radius 2 is 2.00 bits per heavy atom. The van der Waals surface area contributed by atoms with Crippen LogP contribution >= 0.6 is 0 Å². The highest BCUT2D eigenvalue weighted by Gasteiger charge is 2.27. The highest BCUT2D eigenvalue weighted by atomic mass is 16.7. The minimum atomic E-state index is -0.231. The number of aliphatic imine (C=N–C) groups is 1. The largest absolute Gasteiger partial charge is 0.350 e. The van der Waals surface area contributed by atoms with Crippen molar-refractivity contribution in [3.8, 4) is 0 Å². The van der Waals surface area contributed by atoms with Gasteiger partial charge in [0, 0.05) is 11.6 Å². The van der Waals surface area contributed by atoms with Crippen molar-refractivity contribution < 1.29 is 9.47 Å². The van der Waals surface area contributed by atoms with Gasteiger partial charge in [-0.1, -0.05) is 13.8 Å². The molecule has 1 aliphatic heterocycles. The fraction of sp³-hybridized carbons (Fsp3) is 0.778. The topological polar surface area (TPSA) is 69.2 Å². The second kappa shape index (κ2) is 5.07. The van der Waals surface area contributed by atoms with E-state index in [0.29, 0.717) is 19.8 Å². The van der Waals surface area contributed by atoms with Crippen LogP contribution in [0.15, 0.2) is 10.1 Å². The van der Waals surface area contributed by atoms with Crippen LogP contribution in [-0.2, 0) is 9.47 Å². The van der Waals surface area contributed by atoms with E-state index in [4.69, 9.17) is 15.3 Å². The maximum absolute atomic E-state index is 5.46. The van der Waals surface area contributed by atoms with Gasteiger partial charge >= 0.3 is 0 Å². The third-order valence-corrected chi connectivity index (χ3v) is 1.83. The van der Waals surface area contributed by atoms with E-state index in [0.717, 1.165) is 0 Å². The molecule has 0 amide bonds. The molecular formula is C9H17N3O2. The summed E-state index contributed by atoms with van der Waals surface area (Å²) in [5.41, 5.74) is 0.110. The molecular weight excluding hydrogens is 182 g/mol. The summed E-state index contributed by atoms with van der Waals surface area (Å²) in [5, 5.41) is 3.29. The van der Waals surface area contributed by atoms with E-state index in [9.17, 15) is 0 Å². The van der Waals surface area contributed by atoms with Crippen molar-refractivity contribution in [1.29, 1.82) is 0 Å². The summed E-state index contributed by atoms with van der Waals surface area (Å²) in [4.78, 5) is 4.03. The monoisotopic (exact) mass is 199 g/mol. The highest BCUT2D eigenvalue weighted by Crippen LogP contribution is 2.22. The molecule has 0 aromatic heterocycles. The fourth-order valence-electron chi connectivity index (χ4n) is 1.06. The van der Waals surface area contributed by atoms with Gasteiger partial charge in [0.05, 0.1) is 26.0 Å². The van der Waals surface area contributed by atoms with Crippen LogP contribution in [0.5, 0.6) is 0 Å². The summed E-state index contributed by atoms with van der Waals surface area (Å²) < 4.78 is 10.9. The zero-order valence-corrected chi connectivity index (χ0v) is 8.64. The normalized spacial score (nSPS) is 23.6. The van der Waals surface area contributed by atoms with E-state index < -0.39 is 0 Å².